The monoisotopic (exact) mass is 182 g/mol. The Balaban J connectivity index is 2.56. The van der Waals surface area contributed by atoms with Gasteiger partial charge in [-0.05, 0) is 6.92 Å². The molecule has 0 saturated heterocycles. The molecule has 3 N–H and O–H groups in total. The van der Waals surface area contributed by atoms with Crippen molar-refractivity contribution >= 4 is 11.6 Å². The van der Waals surface area contributed by atoms with Crippen LogP contribution in [0.1, 0.15) is 6.92 Å². The third-order valence-corrected chi connectivity index (χ3v) is 1.47. The second-order valence-corrected chi connectivity index (χ2v) is 2.77. The molecule has 5 heteroatoms. The molecule has 0 saturated carbocycles. The Labute approximate surface area is 77.2 Å². The van der Waals surface area contributed by atoms with Crippen LogP contribution in [0.3, 0.4) is 0 Å². The lowest BCUT2D eigenvalue weighted by molar-refractivity contribution is 0.208. The van der Waals surface area contributed by atoms with E-state index in [2.05, 4.69) is 20.6 Å². The van der Waals surface area contributed by atoms with E-state index >= 15 is 0 Å². The first-order chi connectivity index (χ1) is 6.22. The van der Waals surface area contributed by atoms with Crippen molar-refractivity contribution < 1.29 is 5.11 Å². The van der Waals surface area contributed by atoms with Crippen molar-refractivity contribution in [2.45, 2.75) is 13.0 Å². The Bertz CT molecular complexity index is 264. The quantitative estimate of drug-likeness (QED) is 0.625. The van der Waals surface area contributed by atoms with Crippen LogP contribution in [-0.4, -0.2) is 34.8 Å². The number of anilines is 2. The van der Waals surface area contributed by atoms with Gasteiger partial charge in [0.05, 0.1) is 18.5 Å². The highest BCUT2D eigenvalue weighted by molar-refractivity contribution is 5.40. The van der Waals surface area contributed by atoms with Crippen molar-refractivity contribution in [3.63, 3.8) is 0 Å². The third-order valence-electron chi connectivity index (χ3n) is 1.47. The summed E-state index contributed by atoms with van der Waals surface area (Å²) in [5.74, 6) is 1.36. The highest BCUT2D eigenvalue weighted by atomic mass is 16.3. The Hall–Kier alpha value is -1.36. The van der Waals surface area contributed by atoms with Crippen LogP contribution < -0.4 is 10.6 Å². The van der Waals surface area contributed by atoms with Crippen molar-refractivity contribution in [3.8, 4) is 0 Å². The lowest BCUT2D eigenvalue weighted by Gasteiger charge is -2.07. The number of nitrogens with one attached hydrogen (secondary N) is 2. The van der Waals surface area contributed by atoms with Gasteiger partial charge >= 0.3 is 0 Å². The fraction of sp³-hybridized carbons (Fsp3) is 0.500. The molecule has 0 bridgehead atoms. The van der Waals surface area contributed by atoms with Crippen molar-refractivity contribution in [2.24, 2.45) is 0 Å². The summed E-state index contributed by atoms with van der Waals surface area (Å²) < 4.78 is 0. The van der Waals surface area contributed by atoms with Gasteiger partial charge in [-0.2, -0.15) is 0 Å². The summed E-state index contributed by atoms with van der Waals surface area (Å²) >= 11 is 0. The molecule has 0 aromatic carbocycles. The standard InChI is InChI=1S/C8H14N4O/c1-6(13)3-11-8-5-10-4-7(9-2)12-8/h4-6,13H,3H2,1-2H3,(H2,9,11,12). The Kier molecular flexibility index (Phi) is 3.45. The predicted octanol–water partition coefficient (Wildman–Crippen LogP) is 0.311. The van der Waals surface area contributed by atoms with Gasteiger partial charge in [-0.1, -0.05) is 0 Å². The molecule has 1 unspecified atom stereocenters. The molecule has 0 amide bonds. The Morgan fingerprint density at radius 2 is 2.15 bits per heavy atom. The van der Waals surface area contributed by atoms with Crippen LogP contribution in [0, 0.1) is 0 Å². The van der Waals surface area contributed by atoms with Gasteiger partial charge in [-0.3, -0.25) is 4.98 Å². The molecule has 72 valence electrons. The molecule has 5 nitrogen and oxygen atoms in total. The summed E-state index contributed by atoms with van der Waals surface area (Å²) in [4.78, 5) is 8.13. The largest absolute Gasteiger partial charge is 0.392 e. The molecule has 1 aromatic rings. The van der Waals surface area contributed by atoms with E-state index < -0.39 is 0 Å². The normalized spacial score (nSPS) is 12.2. The molecule has 0 fully saturated rings. The number of rotatable bonds is 4. The van der Waals surface area contributed by atoms with E-state index in [1.54, 1.807) is 26.4 Å². The fourth-order valence-electron chi connectivity index (χ4n) is 0.824. The molecular formula is C8H14N4O. The summed E-state index contributed by atoms with van der Waals surface area (Å²) in [7, 11) is 1.78. The first kappa shape index (κ1) is 9.73. The van der Waals surface area contributed by atoms with Gasteiger partial charge in [0, 0.05) is 13.6 Å². The fourth-order valence-corrected chi connectivity index (χ4v) is 0.824. The average Bonchev–Trinajstić information content (AvgIpc) is 2.15. The second-order valence-electron chi connectivity index (χ2n) is 2.77. The van der Waals surface area contributed by atoms with Gasteiger partial charge in [0.1, 0.15) is 11.6 Å². The molecule has 0 aliphatic carbocycles. The third kappa shape index (κ3) is 3.25. The van der Waals surface area contributed by atoms with E-state index in [-0.39, 0.29) is 6.10 Å². The number of aliphatic hydroxyl groups is 1. The van der Waals surface area contributed by atoms with E-state index in [4.69, 9.17) is 5.11 Å². The van der Waals surface area contributed by atoms with E-state index in [9.17, 15) is 0 Å². The number of nitrogens with zero attached hydrogens (tertiary/aromatic N) is 2. The van der Waals surface area contributed by atoms with Gasteiger partial charge < -0.3 is 15.7 Å². The number of aliphatic hydroxyl groups excluding tert-OH is 1. The zero-order valence-corrected chi connectivity index (χ0v) is 7.78. The van der Waals surface area contributed by atoms with Crippen LogP contribution in [0.25, 0.3) is 0 Å². The lowest BCUT2D eigenvalue weighted by atomic mass is 10.4. The second kappa shape index (κ2) is 4.61. The number of hydrogen-bond acceptors (Lipinski definition) is 5. The Morgan fingerprint density at radius 3 is 2.77 bits per heavy atom. The maximum Gasteiger partial charge on any atom is 0.147 e. The molecular weight excluding hydrogens is 168 g/mol. The number of aromatic nitrogens is 2. The van der Waals surface area contributed by atoms with Crippen LogP contribution in [0.15, 0.2) is 12.4 Å². The first-order valence-electron chi connectivity index (χ1n) is 4.14. The molecule has 1 atom stereocenters. The van der Waals surface area contributed by atoms with Crippen molar-refractivity contribution in [3.05, 3.63) is 12.4 Å². The summed E-state index contributed by atoms with van der Waals surface area (Å²) in [5.41, 5.74) is 0. The molecule has 1 aromatic heterocycles. The van der Waals surface area contributed by atoms with Crippen molar-refractivity contribution in [1.29, 1.82) is 0 Å². The van der Waals surface area contributed by atoms with Crippen LogP contribution in [-0.2, 0) is 0 Å². The lowest BCUT2D eigenvalue weighted by Crippen LogP contribution is -2.16. The van der Waals surface area contributed by atoms with Crippen molar-refractivity contribution in [2.75, 3.05) is 24.2 Å². The van der Waals surface area contributed by atoms with Crippen molar-refractivity contribution in [1.82, 2.24) is 9.97 Å². The van der Waals surface area contributed by atoms with E-state index in [0.717, 1.165) is 0 Å². The highest BCUT2D eigenvalue weighted by Crippen LogP contribution is 2.04. The van der Waals surface area contributed by atoms with Gasteiger partial charge in [0.2, 0.25) is 0 Å². The van der Waals surface area contributed by atoms with Crippen LogP contribution in [0.4, 0.5) is 11.6 Å². The highest BCUT2D eigenvalue weighted by Gasteiger charge is 1.98. The molecule has 0 spiro atoms. The summed E-state index contributed by atoms with van der Waals surface area (Å²) in [5, 5.41) is 14.8. The van der Waals surface area contributed by atoms with E-state index in [1.165, 1.54) is 0 Å². The maximum absolute atomic E-state index is 9.01. The molecule has 0 aliphatic rings. The minimum Gasteiger partial charge on any atom is -0.392 e. The van der Waals surface area contributed by atoms with Crippen LogP contribution >= 0.6 is 0 Å². The first-order valence-corrected chi connectivity index (χ1v) is 4.14. The molecule has 1 heterocycles. The SMILES string of the molecule is CNc1cncc(NCC(C)O)n1. The van der Waals surface area contributed by atoms with Gasteiger partial charge in [0.15, 0.2) is 0 Å². The average molecular weight is 182 g/mol. The molecule has 0 radical (unpaired) electrons. The zero-order chi connectivity index (χ0) is 9.68. The molecule has 1 rings (SSSR count). The van der Waals surface area contributed by atoms with E-state index in [1.807, 2.05) is 0 Å². The Morgan fingerprint density at radius 1 is 1.46 bits per heavy atom. The van der Waals surface area contributed by atoms with Gasteiger partial charge in [-0.25, -0.2) is 4.98 Å². The minimum atomic E-state index is -0.389. The predicted molar refractivity (Wildman–Crippen MR) is 51.7 cm³/mol. The van der Waals surface area contributed by atoms with Crippen LogP contribution in [0.5, 0.6) is 0 Å². The summed E-state index contributed by atoms with van der Waals surface area (Å²) in [6.07, 6.45) is 2.86. The topological polar surface area (TPSA) is 70.1 Å². The maximum atomic E-state index is 9.01. The minimum absolute atomic E-state index is 0.389. The van der Waals surface area contributed by atoms with Gasteiger partial charge in [0.25, 0.3) is 0 Å². The van der Waals surface area contributed by atoms with Gasteiger partial charge in [-0.15, -0.1) is 0 Å². The van der Waals surface area contributed by atoms with E-state index in [0.29, 0.717) is 18.2 Å². The molecule has 0 aliphatic heterocycles. The smallest absolute Gasteiger partial charge is 0.147 e. The van der Waals surface area contributed by atoms with Crippen LogP contribution in [0.2, 0.25) is 0 Å². The zero-order valence-electron chi connectivity index (χ0n) is 7.78. The number of hydrogen-bond donors (Lipinski definition) is 3. The summed E-state index contributed by atoms with van der Waals surface area (Å²) in [6, 6.07) is 0. The summed E-state index contributed by atoms with van der Waals surface area (Å²) in [6.45, 7) is 2.18. The molecule has 13 heavy (non-hydrogen) atoms.